The van der Waals surface area contributed by atoms with E-state index in [-0.39, 0.29) is 0 Å². The Balaban J connectivity index is 2.86. The summed E-state index contributed by atoms with van der Waals surface area (Å²) in [6, 6.07) is 0. The molecule has 0 atom stereocenters. The molecule has 0 amide bonds. The Hall–Kier alpha value is -1.07. The molecule has 1 aromatic heterocycles. The van der Waals surface area contributed by atoms with Crippen molar-refractivity contribution in [3.05, 3.63) is 30.2 Å². The van der Waals surface area contributed by atoms with Gasteiger partial charge in [-0.15, -0.1) is 0 Å². The molecule has 0 bridgehead atoms. The minimum absolute atomic E-state index is 0.356. The summed E-state index contributed by atoms with van der Waals surface area (Å²) < 4.78 is 17.3. The van der Waals surface area contributed by atoms with Crippen molar-refractivity contribution in [3.8, 4) is 0 Å². The van der Waals surface area contributed by atoms with E-state index < -0.39 is 8.56 Å². The molecule has 0 unspecified atom stereocenters. The first-order chi connectivity index (χ1) is 8.88. The van der Waals surface area contributed by atoms with Crippen LogP contribution in [0, 0.1) is 0 Å². The lowest BCUT2D eigenvalue weighted by Crippen LogP contribution is -2.46. The third kappa shape index (κ3) is 4.21. The van der Waals surface area contributed by atoms with Crippen LogP contribution in [0.15, 0.2) is 28.9 Å². The number of allylic oxidation sites excluding steroid dienone is 1. The van der Waals surface area contributed by atoms with Crippen molar-refractivity contribution in [1.29, 1.82) is 0 Å². The minimum atomic E-state index is -2.33. The van der Waals surface area contributed by atoms with E-state index in [9.17, 15) is 0 Å². The summed E-state index contributed by atoms with van der Waals surface area (Å²) in [5, 5.41) is 0. The lowest BCUT2D eigenvalue weighted by Gasteiger charge is -2.36. The first-order valence-corrected chi connectivity index (χ1v) is 8.67. The van der Waals surface area contributed by atoms with Crippen LogP contribution >= 0.6 is 0 Å². The Kier molecular flexibility index (Phi) is 5.81. The van der Waals surface area contributed by atoms with E-state index >= 15 is 0 Å². The quantitative estimate of drug-likeness (QED) is 0.550. The minimum Gasteiger partial charge on any atom is -0.526 e. The Morgan fingerprint density at radius 3 is 2.37 bits per heavy atom. The van der Waals surface area contributed by atoms with Gasteiger partial charge in [0.1, 0.15) is 12.0 Å². The SMILES string of the molecule is CC(C)=CO[Si](OCc1cocn1)(C(C)C)C(C)C. The van der Waals surface area contributed by atoms with Gasteiger partial charge in [-0.05, 0) is 19.4 Å². The second-order valence-corrected chi connectivity index (χ2v) is 9.89. The maximum absolute atomic E-state index is 6.20. The number of oxazole rings is 1. The molecule has 1 heterocycles. The van der Waals surface area contributed by atoms with Crippen LogP contribution < -0.4 is 0 Å². The smallest absolute Gasteiger partial charge is 0.404 e. The number of nitrogens with zero attached hydrogens (tertiary/aromatic N) is 1. The molecule has 19 heavy (non-hydrogen) atoms. The predicted octanol–water partition coefficient (Wildman–Crippen LogP) is 4.39. The normalized spacial score (nSPS) is 12.0. The molecular weight excluding hydrogens is 258 g/mol. The van der Waals surface area contributed by atoms with E-state index in [2.05, 4.69) is 32.7 Å². The third-order valence-corrected chi connectivity index (χ3v) is 7.32. The lowest BCUT2D eigenvalue weighted by molar-refractivity contribution is 0.187. The van der Waals surface area contributed by atoms with Crippen molar-refractivity contribution in [3.63, 3.8) is 0 Å². The maximum atomic E-state index is 6.20. The van der Waals surface area contributed by atoms with Gasteiger partial charge in [-0.25, -0.2) is 4.98 Å². The molecule has 0 aliphatic heterocycles. The van der Waals surface area contributed by atoms with Crippen LogP contribution in [0.3, 0.4) is 0 Å². The molecule has 4 nitrogen and oxygen atoms in total. The summed E-state index contributed by atoms with van der Waals surface area (Å²) in [5.41, 5.74) is 2.66. The molecule has 5 heteroatoms. The van der Waals surface area contributed by atoms with E-state index in [4.69, 9.17) is 13.3 Å². The molecule has 0 spiro atoms. The highest BCUT2D eigenvalue weighted by atomic mass is 28.4. The van der Waals surface area contributed by atoms with E-state index in [1.54, 1.807) is 6.26 Å². The molecule has 0 saturated heterocycles. The summed E-state index contributed by atoms with van der Waals surface area (Å²) in [6.07, 6.45) is 4.86. The lowest BCUT2D eigenvalue weighted by atomic mass is 10.4. The molecule has 0 saturated carbocycles. The average Bonchev–Trinajstić information content (AvgIpc) is 2.81. The van der Waals surface area contributed by atoms with E-state index in [1.807, 2.05) is 20.1 Å². The fourth-order valence-corrected chi connectivity index (χ4v) is 5.42. The Morgan fingerprint density at radius 1 is 1.32 bits per heavy atom. The Labute approximate surface area is 117 Å². The largest absolute Gasteiger partial charge is 0.526 e. The second-order valence-electron chi connectivity index (χ2n) is 5.61. The van der Waals surface area contributed by atoms with Crippen molar-refractivity contribution in [2.45, 2.75) is 59.2 Å². The molecule has 1 rings (SSSR count). The highest BCUT2D eigenvalue weighted by Crippen LogP contribution is 2.35. The summed E-state index contributed by atoms with van der Waals surface area (Å²) in [4.78, 5) is 4.09. The van der Waals surface area contributed by atoms with Gasteiger partial charge >= 0.3 is 8.56 Å². The maximum Gasteiger partial charge on any atom is 0.404 e. The van der Waals surface area contributed by atoms with Crippen molar-refractivity contribution >= 4 is 8.56 Å². The summed E-state index contributed by atoms with van der Waals surface area (Å²) in [6.45, 7) is 13.1. The van der Waals surface area contributed by atoms with Gasteiger partial charge in [0.25, 0.3) is 0 Å². The van der Waals surface area contributed by atoms with Gasteiger partial charge in [0.05, 0.1) is 12.9 Å². The second kappa shape index (κ2) is 6.91. The molecule has 108 valence electrons. The Bertz CT molecular complexity index is 387. The van der Waals surface area contributed by atoms with Crippen molar-refractivity contribution < 1.29 is 13.3 Å². The number of hydrogen-bond acceptors (Lipinski definition) is 4. The van der Waals surface area contributed by atoms with Crippen LogP contribution in [0.4, 0.5) is 0 Å². The van der Waals surface area contributed by atoms with Crippen LogP contribution in [0.5, 0.6) is 0 Å². The predicted molar refractivity (Wildman–Crippen MR) is 77.8 cm³/mol. The van der Waals surface area contributed by atoms with Gasteiger partial charge in [-0.1, -0.05) is 27.7 Å². The van der Waals surface area contributed by atoms with Crippen molar-refractivity contribution in [2.24, 2.45) is 0 Å². The Morgan fingerprint density at radius 2 is 1.95 bits per heavy atom. The van der Waals surface area contributed by atoms with Gasteiger partial charge in [0.2, 0.25) is 0 Å². The van der Waals surface area contributed by atoms with Crippen LogP contribution in [0.1, 0.15) is 47.2 Å². The zero-order valence-electron chi connectivity index (χ0n) is 12.8. The summed E-state index contributed by atoms with van der Waals surface area (Å²) >= 11 is 0. The third-order valence-electron chi connectivity index (χ3n) is 3.02. The fourth-order valence-electron chi connectivity index (χ4n) is 2.01. The van der Waals surface area contributed by atoms with Crippen LogP contribution in [0.2, 0.25) is 11.1 Å². The zero-order valence-corrected chi connectivity index (χ0v) is 13.8. The van der Waals surface area contributed by atoms with Gasteiger partial charge in [-0.2, -0.15) is 0 Å². The fraction of sp³-hybridized carbons (Fsp3) is 0.643. The topological polar surface area (TPSA) is 44.5 Å². The van der Waals surface area contributed by atoms with Crippen LogP contribution in [0.25, 0.3) is 0 Å². The van der Waals surface area contributed by atoms with Crippen LogP contribution in [-0.2, 0) is 15.5 Å². The van der Waals surface area contributed by atoms with Crippen molar-refractivity contribution in [1.82, 2.24) is 4.98 Å². The van der Waals surface area contributed by atoms with Gasteiger partial charge in [-0.3, -0.25) is 0 Å². The van der Waals surface area contributed by atoms with E-state index in [0.717, 1.165) is 11.3 Å². The molecule has 0 aliphatic rings. The first-order valence-electron chi connectivity index (χ1n) is 6.70. The molecule has 0 N–H and O–H groups in total. The van der Waals surface area contributed by atoms with Gasteiger partial charge in [0.15, 0.2) is 6.39 Å². The average molecular weight is 283 g/mol. The highest BCUT2D eigenvalue weighted by molar-refractivity contribution is 6.70. The van der Waals surface area contributed by atoms with Gasteiger partial charge < -0.3 is 13.3 Å². The van der Waals surface area contributed by atoms with Crippen molar-refractivity contribution in [2.75, 3.05) is 0 Å². The molecule has 1 aromatic rings. The molecule has 0 aliphatic carbocycles. The first kappa shape index (κ1) is 16.0. The zero-order chi connectivity index (χ0) is 14.5. The van der Waals surface area contributed by atoms with E-state index in [1.165, 1.54) is 6.39 Å². The molecular formula is C14H25NO3Si. The van der Waals surface area contributed by atoms with Gasteiger partial charge in [0, 0.05) is 11.1 Å². The number of rotatable bonds is 7. The number of aromatic nitrogens is 1. The highest BCUT2D eigenvalue weighted by Gasteiger charge is 2.46. The number of hydrogen-bond donors (Lipinski definition) is 0. The van der Waals surface area contributed by atoms with Crippen LogP contribution in [-0.4, -0.2) is 13.5 Å². The van der Waals surface area contributed by atoms with E-state index in [0.29, 0.717) is 17.7 Å². The molecule has 0 aromatic carbocycles. The summed E-state index contributed by atoms with van der Waals surface area (Å²) in [5.74, 6) is 0. The molecule has 0 fully saturated rings. The molecule has 0 radical (unpaired) electrons. The monoisotopic (exact) mass is 283 g/mol. The summed E-state index contributed by atoms with van der Waals surface area (Å²) in [7, 11) is -2.33. The standard InChI is InChI=1S/C14H25NO3Si/c1-11(2)7-17-19(12(3)4,13(5)6)18-9-14-8-16-10-15-14/h7-8,10,12-13H,9H2,1-6H3.